The van der Waals surface area contributed by atoms with Gasteiger partial charge in [0, 0.05) is 23.7 Å². The first-order valence-electron chi connectivity index (χ1n) is 6.33. The second-order valence-corrected chi connectivity index (χ2v) is 5.07. The average Bonchev–Trinajstić information content (AvgIpc) is 2.34. The number of ketones is 1. The van der Waals surface area contributed by atoms with Crippen LogP contribution in [0.4, 0.5) is 5.69 Å². The van der Waals surface area contributed by atoms with Crippen molar-refractivity contribution < 1.29 is 9.90 Å². The van der Waals surface area contributed by atoms with E-state index >= 15 is 0 Å². The Morgan fingerprint density at radius 2 is 2.06 bits per heavy atom. The van der Waals surface area contributed by atoms with Gasteiger partial charge >= 0.3 is 0 Å². The van der Waals surface area contributed by atoms with Gasteiger partial charge in [-0.05, 0) is 37.1 Å². The largest absolute Gasteiger partial charge is 0.390 e. The van der Waals surface area contributed by atoms with Crippen molar-refractivity contribution in [1.29, 1.82) is 0 Å². The number of carbonyl (C=O) groups excluding carboxylic acids is 1. The van der Waals surface area contributed by atoms with E-state index in [2.05, 4.69) is 5.32 Å². The predicted molar refractivity (Wildman–Crippen MR) is 73.3 cm³/mol. The van der Waals surface area contributed by atoms with Gasteiger partial charge in [0.1, 0.15) is 0 Å². The van der Waals surface area contributed by atoms with Crippen molar-refractivity contribution in [3.05, 3.63) is 29.8 Å². The highest BCUT2D eigenvalue weighted by Crippen LogP contribution is 2.29. The van der Waals surface area contributed by atoms with Gasteiger partial charge in [0.05, 0.1) is 12.0 Å². The maximum Gasteiger partial charge on any atom is 0.165 e. The number of Topliss-reactive ketones (excluding diaryl/α,β-unsaturated/α-hetero) is 1. The zero-order valence-corrected chi connectivity index (χ0v) is 11.0. The number of hydrogen-bond acceptors (Lipinski definition) is 3. The number of aliphatic hydroxyl groups excluding tert-OH is 1. The van der Waals surface area contributed by atoms with Gasteiger partial charge in [0.25, 0.3) is 0 Å². The molecule has 1 unspecified atom stereocenters. The van der Waals surface area contributed by atoms with Gasteiger partial charge in [0.15, 0.2) is 5.78 Å². The van der Waals surface area contributed by atoms with E-state index < -0.39 is 6.10 Å². The molecule has 0 spiro atoms. The average molecular weight is 268 g/mol. The molecule has 1 aromatic carbocycles. The van der Waals surface area contributed by atoms with Crippen LogP contribution in [0.25, 0.3) is 0 Å². The molecule has 2 rings (SSSR count). The van der Waals surface area contributed by atoms with Crippen molar-refractivity contribution in [3.63, 3.8) is 0 Å². The Morgan fingerprint density at radius 1 is 1.39 bits per heavy atom. The topological polar surface area (TPSA) is 49.3 Å². The van der Waals surface area contributed by atoms with Crippen LogP contribution in [0.5, 0.6) is 0 Å². The summed E-state index contributed by atoms with van der Waals surface area (Å²) < 4.78 is 0. The Hall–Kier alpha value is -1.06. The Morgan fingerprint density at radius 3 is 2.56 bits per heavy atom. The van der Waals surface area contributed by atoms with Gasteiger partial charge in [-0.1, -0.05) is 6.42 Å². The summed E-state index contributed by atoms with van der Waals surface area (Å²) in [7, 11) is 0. The standard InChI is InChI=1S/C14H18ClNO2/c15-8-13(17)9-16-12-6-4-11(5-7-12)14(18)10-2-1-3-10/h4-7,10,13,16-17H,1-3,8-9H2. The third kappa shape index (κ3) is 3.24. The van der Waals surface area contributed by atoms with Crippen molar-refractivity contribution in [2.75, 3.05) is 17.7 Å². The molecule has 1 aromatic rings. The summed E-state index contributed by atoms with van der Waals surface area (Å²) in [5.41, 5.74) is 1.67. The summed E-state index contributed by atoms with van der Waals surface area (Å²) in [6, 6.07) is 7.42. The van der Waals surface area contributed by atoms with E-state index in [0.717, 1.165) is 24.1 Å². The van der Waals surface area contributed by atoms with Crippen LogP contribution in [0.2, 0.25) is 0 Å². The molecule has 0 amide bonds. The molecule has 0 aliphatic heterocycles. The number of carbonyl (C=O) groups is 1. The van der Waals surface area contributed by atoms with Gasteiger partial charge < -0.3 is 10.4 Å². The molecular formula is C14H18ClNO2. The summed E-state index contributed by atoms with van der Waals surface area (Å²) in [5, 5.41) is 12.4. The summed E-state index contributed by atoms with van der Waals surface area (Å²) in [5.74, 6) is 0.709. The number of anilines is 1. The van der Waals surface area contributed by atoms with Crippen LogP contribution in [0.1, 0.15) is 29.6 Å². The Kier molecular flexibility index (Phi) is 4.61. The van der Waals surface area contributed by atoms with Gasteiger partial charge in [-0.2, -0.15) is 0 Å². The van der Waals surface area contributed by atoms with E-state index in [9.17, 15) is 9.90 Å². The second kappa shape index (κ2) is 6.21. The molecule has 0 bridgehead atoms. The third-order valence-electron chi connectivity index (χ3n) is 3.37. The molecule has 2 N–H and O–H groups in total. The van der Waals surface area contributed by atoms with Gasteiger partial charge in [0.2, 0.25) is 0 Å². The van der Waals surface area contributed by atoms with E-state index in [-0.39, 0.29) is 17.6 Å². The first-order valence-corrected chi connectivity index (χ1v) is 6.86. The van der Waals surface area contributed by atoms with Crippen molar-refractivity contribution >= 4 is 23.1 Å². The molecule has 18 heavy (non-hydrogen) atoms. The van der Waals surface area contributed by atoms with Crippen molar-refractivity contribution in [2.24, 2.45) is 5.92 Å². The van der Waals surface area contributed by atoms with Gasteiger partial charge in [-0.25, -0.2) is 0 Å². The second-order valence-electron chi connectivity index (χ2n) is 4.76. The number of halogens is 1. The number of benzene rings is 1. The van der Waals surface area contributed by atoms with Crippen LogP contribution in [0.15, 0.2) is 24.3 Å². The van der Waals surface area contributed by atoms with E-state index in [1.54, 1.807) is 0 Å². The Labute approximate surface area is 112 Å². The zero-order valence-electron chi connectivity index (χ0n) is 10.2. The molecule has 4 heteroatoms. The molecule has 1 fully saturated rings. The van der Waals surface area contributed by atoms with E-state index in [1.807, 2.05) is 24.3 Å². The Bertz CT molecular complexity index is 401. The van der Waals surface area contributed by atoms with E-state index in [4.69, 9.17) is 11.6 Å². The molecule has 3 nitrogen and oxygen atoms in total. The molecule has 98 valence electrons. The highest BCUT2D eigenvalue weighted by Gasteiger charge is 2.25. The number of aliphatic hydroxyl groups is 1. The summed E-state index contributed by atoms with van der Waals surface area (Å²) in [6.07, 6.45) is 2.68. The van der Waals surface area contributed by atoms with Crippen molar-refractivity contribution in [3.8, 4) is 0 Å². The monoisotopic (exact) mass is 267 g/mol. The fraction of sp³-hybridized carbons (Fsp3) is 0.500. The lowest BCUT2D eigenvalue weighted by Gasteiger charge is -2.23. The van der Waals surface area contributed by atoms with Crippen LogP contribution in [-0.4, -0.2) is 29.4 Å². The molecule has 1 atom stereocenters. The fourth-order valence-electron chi connectivity index (χ4n) is 1.95. The molecule has 1 saturated carbocycles. The minimum atomic E-state index is -0.553. The summed E-state index contributed by atoms with van der Waals surface area (Å²) >= 11 is 5.51. The van der Waals surface area contributed by atoms with Crippen molar-refractivity contribution in [1.82, 2.24) is 0 Å². The molecular weight excluding hydrogens is 250 g/mol. The number of hydrogen-bond donors (Lipinski definition) is 2. The zero-order chi connectivity index (χ0) is 13.0. The lowest BCUT2D eigenvalue weighted by molar-refractivity contribution is 0.0855. The summed E-state index contributed by atoms with van der Waals surface area (Å²) in [4.78, 5) is 12.0. The highest BCUT2D eigenvalue weighted by atomic mass is 35.5. The molecule has 0 heterocycles. The minimum absolute atomic E-state index is 0.214. The maximum absolute atomic E-state index is 12.0. The van der Waals surface area contributed by atoms with E-state index in [1.165, 1.54) is 6.42 Å². The fourth-order valence-corrected chi connectivity index (χ4v) is 2.06. The number of nitrogens with one attached hydrogen (secondary N) is 1. The third-order valence-corrected chi connectivity index (χ3v) is 3.72. The van der Waals surface area contributed by atoms with Gasteiger partial charge in [-0.3, -0.25) is 4.79 Å². The first-order chi connectivity index (χ1) is 8.70. The van der Waals surface area contributed by atoms with Crippen LogP contribution in [-0.2, 0) is 0 Å². The minimum Gasteiger partial charge on any atom is -0.390 e. The normalized spacial score (nSPS) is 17.0. The first kappa shape index (κ1) is 13.4. The molecule has 1 aliphatic rings. The maximum atomic E-state index is 12.0. The number of rotatable bonds is 6. The predicted octanol–water partition coefficient (Wildman–Crippen LogP) is 2.68. The molecule has 0 aromatic heterocycles. The lowest BCUT2D eigenvalue weighted by Crippen LogP contribution is -2.22. The SMILES string of the molecule is O=C(c1ccc(NCC(O)CCl)cc1)C1CCC1. The lowest BCUT2D eigenvalue weighted by atomic mass is 9.80. The number of alkyl halides is 1. The van der Waals surface area contributed by atoms with E-state index in [0.29, 0.717) is 6.54 Å². The molecule has 0 saturated heterocycles. The highest BCUT2D eigenvalue weighted by molar-refractivity contribution is 6.18. The molecule has 0 radical (unpaired) electrons. The van der Waals surface area contributed by atoms with Crippen LogP contribution >= 0.6 is 11.6 Å². The quantitative estimate of drug-likeness (QED) is 0.615. The molecule has 1 aliphatic carbocycles. The summed E-state index contributed by atoms with van der Waals surface area (Å²) in [6.45, 7) is 0.416. The van der Waals surface area contributed by atoms with Gasteiger partial charge in [-0.15, -0.1) is 11.6 Å². The van der Waals surface area contributed by atoms with Crippen LogP contribution in [0, 0.1) is 5.92 Å². The smallest absolute Gasteiger partial charge is 0.165 e. The Balaban J connectivity index is 1.90. The van der Waals surface area contributed by atoms with Crippen molar-refractivity contribution in [2.45, 2.75) is 25.4 Å². The van der Waals surface area contributed by atoms with Crippen LogP contribution < -0.4 is 5.32 Å². The van der Waals surface area contributed by atoms with Crippen LogP contribution in [0.3, 0.4) is 0 Å².